The van der Waals surface area contributed by atoms with Gasteiger partial charge in [0.2, 0.25) is 0 Å². The Morgan fingerprint density at radius 2 is 1.83 bits per heavy atom. The van der Waals surface area contributed by atoms with Crippen molar-refractivity contribution < 1.29 is 5.11 Å². The Morgan fingerprint density at radius 3 is 2.17 bits per heavy atom. The van der Waals surface area contributed by atoms with Gasteiger partial charge in [0.05, 0.1) is 6.61 Å². The third kappa shape index (κ3) is 9.92. The molecule has 0 spiro atoms. The Morgan fingerprint density at radius 1 is 1.33 bits per heavy atom. The Labute approximate surface area is 77.2 Å². The molecular formula is C10H25NO. The van der Waals surface area contributed by atoms with Crippen LogP contribution in [0.3, 0.4) is 0 Å². The van der Waals surface area contributed by atoms with Crippen LogP contribution in [0.4, 0.5) is 0 Å². The number of rotatable bonds is 5. The number of aliphatic hydroxyl groups is 1. The predicted molar refractivity (Wildman–Crippen MR) is 55.1 cm³/mol. The molecule has 2 unspecified atom stereocenters. The summed E-state index contributed by atoms with van der Waals surface area (Å²) in [6.45, 7) is 8.47. The van der Waals surface area contributed by atoms with Gasteiger partial charge in [-0.2, -0.15) is 0 Å². The van der Waals surface area contributed by atoms with E-state index >= 15 is 0 Å². The normalized spacial score (nSPS) is 14.5. The monoisotopic (exact) mass is 175 g/mol. The third-order valence-corrected chi connectivity index (χ3v) is 1.72. The fourth-order valence-corrected chi connectivity index (χ4v) is 1.20. The van der Waals surface area contributed by atoms with Gasteiger partial charge in [-0.15, -0.1) is 0 Å². The lowest BCUT2D eigenvalue weighted by Gasteiger charge is -2.13. The van der Waals surface area contributed by atoms with E-state index in [0.717, 1.165) is 6.42 Å². The van der Waals surface area contributed by atoms with E-state index in [1.54, 1.807) is 0 Å². The first kappa shape index (κ1) is 14.4. The molecule has 0 saturated heterocycles. The van der Waals surface area contributed by atoms with Gasteiger partial charge in [0.1, 0.15) is 0 Å². The fraction of sp³-hybridized carbons (Fsp3) is 1.00. The van der Waals surface area contributed by atoms with E-state index in [1.807, 2.05) is 13.8 Å². The van der Waals surface area contributed by atoms with Gasteiger partial charge in [0.25, 0.3) is 0 Å². The smallest absolute Gasteiger partial charge is 0.0582 e. The quantitative estimate of drug-likeness (QED) is 0.672. The van der Waals surface area contributed by atoms with E-state index in [2.05, 4.69) is 13.8 Å². The standard InChI is InChI=1S/C8H19NO.C2H6/c1-3-4-7(2)5-8(9)6-10;1-2/h7-8,10H,3-6,9H2,1-2H3;1-2H3. The van der Waals surface area contributed by atoms with Crippen molar-refractivity contribution in [1.82, 2.24) is 0 Å². The summed E-state index contributed by atoms with van der Waals surface area (Å²) >= 11 is 0. The summed E-state index contributed by atoms with van der Waals surface area (Å²) in [7, 11) is 0. The largest absolute Gasteiger partial charge is 0.395 e. The molecule has 2 atom stereocenters. The van der Waals surface area contributed by atoms with Crippen molar-refractivity contribution in [2.24, 2.45) is 11.7 Å². The molecule has 0 fully saturated rings. The van der Waals surface area contributed by atoms with Crippen molar-refractivity contribution in [1.29, 1.82) is 0 Å². The third-order valence-electron chi connectivity index (χ3n) is 1.72. The van der Waals surface area contributed by atoms with Crippen molar-refractivity contribution in [3.05, 3.63) is 0 Å². The van der Waals surface area contributed by atoms with Crippen molar-refractivity contribution in [3.8, 4) is 0 Å². The molecule has 0 bridgehead atoms. The highest BCUT2D eigenvalue weighted by molar-refractivity contribution is 4.63. The average Bonchev–Trinajstić information content (AvgIpc) is 2.08. The number of aliphatic hydroxyl groups excluding tert-OH is 1. The second kappa shape index (κ2) is 10.9. The maximum absolute atomic E-state index is 8.63. The van der Waals surface area contributed by atoms with Gasteiger partial charge in [-0.05, 0) is 12.3 Å². The van der Waals surface area contributed by atoms with Crippen LogP contribution in [-0.4, -0.2) is 17.8 Å². The van der Waals surface area contributed by atoms with Gasteiger partial charge < -0.3 is 10.8 Å². The Hall–Kier alpha value is -0.0800. The summed E-state index contributed by atoms with van der Waals surface area (Å²) < 4.78 is 0. The van der Waals surface area contributed by atoms with E-state index < -0.39 is 0 Å². The van der Waals surface area contributed by atoms with Crippen LogP contribution in [0.1, 0.15) is 47.0 Å². The number of hydrogen-bond acceptors (Lipinski definition) is 2. The van der Waals surface area contributed by atoms with Crippen molar-refractivity contribution in [2.45, 2.75) is 53.0 Å². The zero-order valence-electron chi connectivity index (χ0n) is 9.01. The van der Waals surface area contributed by atoms with Crippen LogP contribution < -0.4 is 5.73 Å². The maximum atomic E-state index is 8.63. The SMILES string of the molecule is CC.CCCC(C)CC(N)CO. The number of hydrogen-bond donors (Lipinski definition) is 2. The van der Waals surface area contributed by atoms with Gasteiger partial charge >= 0.3 is 0 Å². The number of nitrogens with two attached hydrogens (primary N) is 1. The van der Waals surface area contributed by atoms with E-state index in [-0.39, 0.29) is 12.6 Å². The molecule has 0 aromatic heterocycles. The van der Waals surface area contributed by atoms with Crippen molar-refractivity contribution in [3.63, 3.8) is 0 Å². The summed E-state index contributed by atoms with van der Waals surface area (Å²) in [5, 5.41) is 8.63. The first-order chi connectivity index (χ1) is 5.70. The zero-order chi connectivity index (χ0) is 9.98. The minimum Gasteiger partial charge on any atom is -0.395 e. The summed E-state index contributed by atoms with van der Waals surface area (Å²) in [6.07, 6.45) is 3.37. The molecule has 12 heavy (non-hydrogen) atoms. The van der Waals surface area contributed by atoms with Crippen molar-refractivity contribution in [2.75, 3.05) is 6.61 Å². The minimum absolute atomic E-state index is 0.0125. The lowest BCUT2D eigenvalue weighted by molar-refractivity contribution is 0.245. The van der Waals surface area contributed by atoms with Gasteiger partial charge in [0.15, 0.2) is 0 Å². The van der Waals surface area contributed by atoms with Crippen LogP contribution in [-0.2, 0) is 0 Å². The topological polar surface area (TPSA) is 46.2 Å². The molecule has 0 saturated carbocycles. The highest BCUT2D eigenvalue weighted by Crippen LogP contribution is 2.10. The summed E-state index contributed by atoms with van der Waals surface area (Å²) in [5.41, 5.74) is 5.55. The van der Waals surface area contributed by atoms with Gasteiger partial charge in [-0.1, -0.05) is 40.5 Å². The lowest BCUT2D eigenvalue weighted by atomic mass is 9.98. The van der Waals surface area contributed by atoms with Gasteiger partial charge in [-0.25, -0.2) is 0 Å². The lowest BCUT2D eigenvalue weighted by Crippen LogP contribution is -2.26. The second-order valence-corrected chi connectivity index (χ2v) is 3.07. The summed E-state index contributed by atoms with van der Waals surface area (Å²) in [6, 6.07) is -0.0125. The highest BCUT2D eigenvalue weighted by atomic mass is 16.3. The van der Waals surface area contributed by atoms with E-state index in [0.29, 0.717) is 5.92 Å². The molecule has 0 radical (unpaired) electrons. The van der Waals surface area contributed by atoms with Crippen LogP contribution >= 0.6 is 0 Å². The van der Waals surface area contributed by atoms with Crippen LogP contribution in [0.5, 0.6) is 0 Å². The Bertz CT molecular complexity index is 76.2. The van der Waals surface area contributed by atoms with E-state index in [1.165, 1.54) is 12.8 Å². The van der Waals surface area contributed by atoms with Crippen molar-refractivity contribution >= 4 is 0 Å². The minimum atomic E-state index is -0.0125. The molecule has 2 nitrogen and oxygen atoms in total. The van der Waals surface area contributed by atoms with E-state index in [4.69, 9.17) is 10.8 Å². The average molecular weight is 175 g/mol. The zero-order valence-corrected chi connectivity index (χ0v) is 9.01. The fourth-order valence-electron chi connectivity index (χ4n) is 1.20. The second-order valence-electron chi connectivity index (χ2n) is 3.07. The molecule has 76 valence electrons. The molecular weight excluding hydrogens is 150 g/mol. The first-order valence-electron chi connectivity index (χ1n) is 5.07. The highest BCUT2D eigenvalue weighted by Gasteiger charge is 2.06. The molecule has 0 aliphatic carbocycles. The van der Waals surface area contributed by atoms with Gasteiger partial charge in [0, 0.05) is 6.04 Å². The molecule has 0 amide bonds. The molecule has 3 N–H and O–H groups in total. The van der Waals surface area contributed by atoms with Crippen LogP contribution in [0.2, 0.25) is 0 Å². The molecule has 0 aromatic rings. The first-order valence-corrected chi connectivity index (χ1v) is 5.07. The molecule has 0 heterocycles. The van der Waals surface area contributed by atoms with E-state index in [9.17, 15) is 0 Å². The molecule has 0 rings (SSSR count). The Balaban J connectivity index is 0. The predicted octanol–water partition coefficient (Wildman–Crippen LogP) is 2.16. The summed E-state index contributed by atoms with van der Waals surface area (Å²) in [5.74, 6) is 0.659. The van der Waals surface area contributed by atoms with Gasteiger partial charge in [-0.3, -0.25) is 0 Å². The molecule has 0 aliphatic heterocycles. The van der Waals surface area contributed by atoms with Crippen LogP contribution in [0, 0.1) is 5.92 Å². The molecule has 0 aromatic carbocycles. The Kier molecular flexibility index (Phi) is 13.1. The summed E-state index contributed by atoms with van der Waals surface area (Å²) in [4.78, 5) is 0. The van der Waals surface area contributed by atoms with Crippen LogP contribution in [0.25, 0.3) is 0 Å². The molecule has 2 heteroatoms. The maximum Gasteiger partial charge on any atom is 0.0582 e. The molecule has 0 aliphatic rings. The van der Waals surface area contributed by atoms with Crippen LogP contribution in [0.15, 0.2) is 0 Å².